The van der Waals surface area contributed by atoms with Crippen molar-refractivity contribution < 1.29 is 19.2 Å². The van der Waals surface area contributed by atoms with Crippen molar-refractivity contribution in [2.75, 3.05) is 20.1 Å². The molecule has 0 aliphatic heterocycles. The van der Waals surface area contributed by atoms with Crippen LogP contribution in [0.1, 0.15) is 12.8 Å². The average Bonchev–Trinajstić information content (AvgIpc) is 3.03. The molecule has 0 fully saturated rings. The number of carbonyl (C=O) groups excluding carboxylic acids is 1. The van der Waals surface area contributed by atoms with E-state index in [-0.39, 0.29) is 12.6 Å². The van der Waals surface area contributed by atoms with E-state index in [4.69, 9.17) is 21.2 Å². The molecule has 0 saturated heterocycles. The van der Waals surface area contributed by atoms with Crippen LogP contribution in [0, 0.1) is 5.92 Å². The van der Waals surface area contributed by atoms with Crippen molar-refractivity contribution in [1.82, 2.24) is 20.4 Å². The predicted octanol–water partition coefficient (Wildman–Crippen LogP) is 2.29. The maximum Gasteiger partial charge on any atom is 0.317 e. The third-order valence-corrected chi connectivity index (χ3v) is 3.72. The Morgan fingerprint density at radius 2 is 2.20 bits per heavy atom. The summed E-state index contributed by atoms with van der Waals surface area (Å²) in [7, 11) is 1.54. The first kappa shape index (κ1) is 18.7. The molecule has 1 heterocycles. The van der Waals surface area contributed by atoms with E-state index in [1.165, 1.54) is 4.90 Å². The number of nitrogens with one attached hydrogen (secondary N) is 1. The second-order valence-corrected chi connectivity index (χ2v) is 6.06. The fraction of sp³-hybridized carbons (Fsp3) is 0.375. The topological polar surface area (TPSA) is 109 Å². The highest BCUT2D eigenvalue weighted by Gasteiger charge is 2.17. The molecule has 1 aromatic carbocycles. The molecule has 0 spiro atoms. The Labute approximate surface area is 149 Å². The number of rotatable bonds is 7. The minimum atomic E-state index is -0.945. The van der Waals surface area contributed by atoms with Crippen molar-refractivity contribution in [3.05, 3.63) is 35.2 Å². The Hall–Kier alpha value is -2.61. The molecule has 2 rings (SSSR count). The lowest BCUT2D eigenvalue weighted by atomic mass is 10.2. The lowest BCUT2D eigenvalue weighted by molar-refractivity contribution is -0.141. The number of aliphatic carboxylic acids is 1. The molecular formula is C16H19ClN4O4. The molecule has 1 unspecified atom stereocenters. The van der Waals surface area contributed by atoms with E-state index in [2.05, 4.69) is 15.5 Å². The van der Waals surface area contributed by atoms with Gasteiger partial charge in [-0.3, -0.25) is 4.79 Å². The van der Waals surface area contributed by atoms with E-state index >= 15 is 0 Å². The molecule has 0 saturated carbocycles. The SMILES string of the molecule is CC(CN(C)C(=O)NCCc1nc(-c2cccc(Cl)c2)no1)C(=O)O. The Bertz CT molecular complexity index is 749. The third-order valence-electron chi connectivity index (χ3n) is 3.48. The molecule has 9 heteroatoms. The van der Waals surface area contributed by atoms with Gasteiger partial charge in [0.05, 0.1) is 5.92 Å². The molecule has 8 nitrogen and oxygen atoms in total. The number of urea groups is 1. The molecule has 0 aliphatic carbocycles. The van der Waals surface area contributed by atoms with E-state index in [0.29, 0.717) is 29.7 Å². The van der Waals surface area contributed by atoms with Gasteiger partial charge < -0.3 is 19.8 Å². The number of halogens is 1. The molecule has 25 heavy (non-hydrogen) atoms. The van der Waals surface area contributed by atoms with Crippen LogP contribution < -0.4 is 5.32 Å². The lowest BCUT2D eigenvalue weighted by Gasteiger charge is -2.19. The van der Waals surface area contributed by atoms with Gasteiger partial charge in [-0.1, -0.05) is 35.8 Å². The predicted molar refractivity (Wildman–Crippen MR) is 91.3 cm³/mol. The first-order valence-corrected chi connectivity index (χ1v) is 8.05. The molecular weight excluding hydrogens is 348 g/mol. The van der Waals surface area contributed by atoms with E-state index < -0.39 is 11.9 Å². The molecule has 2 N–H and O–H groups in total. The zero-order chi connectivity index (χ0) is 18.4. The van der Waals surface area contributed by atoms with Crippen LogP contribution in [0.4, 0.5) is 4.79 Å². The highest BCUT2D eigenvalue weighted by Crippen LogP contribution is 2.19. The normalized spacial score (nSPS) is 11.8. The minimum absolute atomic E-state index is 0.126. The van der Waals surface area contributed by atoms with Crippen molar-refractivity contribution >= 4 is 23.6 Å². The molecule has 2 aromatic rings. The first-order valence-electron chi connectivity index (χ1n) is 7.67. The van der Waals surface area contributed by atoms with E-state index in [1.54, 1.807) is 32.2 Å². The number of nitrogens with zero attached hydrogens (tertiary/aromatic N) is 3. The second-order valence-electron chi connectivity index (χ2n) is 5.62. The zero-order valence-corrected chi connectivity index (χ0v) is 14.7. The van der Waals surface area contributed by atoms with Crippen LogP contribution >= 0.6 is 11.6 Å². The molecule has 1 atom stereocenters. The van der Waals surface area contributed by atoms with Crippen molar-refractivity contribution in [2.24, 2.45) is 5.92 Å². The number of amides is 2. The quantitative estimate of drug-likeness (QED) is 0.778. The molecule has 2 amide bonds. The summed E-state index contributed by atoms with van der Waals surface area (Å²) in [5.41, 5.74) is 0.744. The Morgan fingerprint density at radius 3 is 2.88 bits per heavy atom. The second kappa shape index (κ2) is 8.48. The molecule has 0 radical (unpaired) electrons. The van der Waals surface area contributed by atoms with E-state index in [0.717, 1.165) is 5.56 Å². The van der Waals surface area contributed by atoms with Crippen LogP contribution in [-0.2, 0) is 11.2 Å². The van der Waals surface area contributed by atoms with Crippen LogP contribution in [0.2, 0.25) is 5.02 Å². The third kappa shape index (κ3) is 5.46. The zero-order valence-electron chi connectivity index (χ0n) is 13.9. The molecule has 0 aliphatic rings. The van der Waals surface area contributed by atoms with Crippen LogP contribution in [-0.4, -0.2) is 52.3 Å². The maximum absolute atomic E-state index is 11.9. The molecule has 0 bridgehead atoms. The summed E-state index contributed by atoms with van der Waals surface area (Å²) in [6.07, 6.45) is 0.363. The Balaban J connectivity index is 1.82. The van der Waals surface area contributed by atoms with Gasteiger partial charge >= 0.3 is 12.0 Å². The average molecular weight is 367 g/mol. The number of hydrogen-bond acceptors (Lipinski definition) is 5. The number of carboxylic acids is 1. The van der Waals surface area contributed by atoms with Gasteiger partial charge in [0.25, 0.3) is 0 Å². The summed E-state index contributed by atoms with van der Waals surface area (Å²) < 4.78 is 5.15. The number of benzene rings is 1. The molecule has 134 valence electrons. The van der Waals surface area contributed by atoms with Gasteiger partial charge in [0.2, 0.25) is 11.7 Å². The number of carbonyl (C=O) groups is 2. The van der Waals surface area contributed by atoms with Crippen molar-refractivity contribution in [2.45, 2.75) is 13.3 Å². The fourth-order valence-corrected chi connectivity index (χ4v) is 2.27. The van der Waals surface area contributed by atoms with Gasteiger partial charge in [-0.05, 0) is 12.1 Å². The summed E-state index contributed by atoms with van der Waals surface area (Å²) in [5.74, 6) is -0.765. The summed E-state index contributed by atoms with van der Waals surface area (Å²) >= 11 is 5.93. The Kier molecular flexibility index (Phi) is 6.35. The van der Waals surface area contributed by atoms with Crippen molar-refractivity contribution in [1.29, 1.82) is 0 Å². The van der Waals surface area contributed by atoms with Crippen molar-refractivity contribution in [3.8, 4) is 11.4 Å². The fourth-order valence-electron chi connectivity index (χ4n) is 2.08. The number of carboxylic acid groups (broad SMARTS) is 1. The summed E-state index contributed by atoms with van der Waals surface area (Å²) in [6, 6.07) is 6.74. The number of aromatic nitrogens is 2. The summed E-state index contributed by atoms with van der Waals surface area (Å²) in [4.78, 5) is 28.3. The first-order chi connectivity index (χ1) is 11.9. The maximum atomic E-state index is 11.9. The Morgan fingerprint density at radius 1 is 1.44 bits per heavy atom. The highest BCUT2D eigenvalue weighted by atomic mass is 35.5. The summed E-state index contributed by atoms with van der Waals surface area (Å²) in [5, 5.41) is 16.0. The minimum Gasteiger partial charge on any atom is -0.481 e. The van der Waals surface area contributed by atoms with E-state index in [9.17, 15) is 9.59 Å². The van der Waals surface area contributed by atoms with E-state index in [1.807, 2.05) is 6.07 Å². The van der Waals surface area contributed by atoms with Crippen LogP contribution in [0.5, 0.6) is 0 Å². The standard InChI is InChI=1S/C16H19ClN4O4/c1-10(15(22)23)9-21(2)16(24)18-7-6-13-19-14(20-25-13)11-4-3-5-12(17)8-11/h3-5,8,10H,6-7,9H2,1-2H3,(H,18,24)(H,22,23). The monoisotopic (exact) mass is 366 g/mol. The largest absolute Gasteiger partial charge is 0.481 e. The number of hydrogen-bond donors (Lipinski definition) is 2. The van der Waals surface area contributed by atoms with Gasteiger partial charge in [-0.2, -0.15) is 4.98 Å². The highest BCUT2D eigenvalue weighted by molar-refractivity contribution is 6.30. The molecule has 1 aromatic heterocycles. The van der Waals surface area contributed by atoms with Gasteiger partial charge in [-0.15, -0.1) is 0 Å². The lowest BCUT2D eigenvalue weighted by Crippen LogP contribution is -2.41. The van der Waals surface area contributed by atoms with Gasteiger partial charge in [-0.25, -0.2) is 4.79 Å². The van der Waals surface area contributed by atoms with Crippen LogP contribution in [0.3, 0.4) is 0 Å². The van der Waals surface area contributed by atoms with Gasteiger partial charge in [0, 0.05) is 37.1 Å². The van der Waals surface area contributed by atoms with Gasteiger partial charge in [0.1, 0.15) is 0 Å². The van der Waals surface area contributed by atoms with Crippen LogP contribution in [0.25, 0.3) is 11.4 Å². The van der Waals surface area contributed by atoms with Crippen molar-refractivity contribution in [3.63, 3.8) is 0 Å². The summed E-state index contributed by atoms with van der Waals surface area (Å²) in [6.45, 7) is 1.96. The van der Waals surface area contributed by atoms with Crippen LogP contribution in [0.15, 0.2) is 28.8 Å². The van der Waals surface area contributed by atoms with Gasteiger partial charge in [0.15, 0.2) is 0 Å². The smallest absolute Gasteiger partial charge is 0.317 e.